The molecule has 0 aliphatic rings. The number of nitrogens with one attached hydrogen (secondary N) is 1. The number of hydrogen-bond acceptors (Lipinski definition) is 6. The first-order chi connectivity index (χ1) is 13.6. The average Bonchev–Trinajstić information content (AvgIpc) is 3.08. The van der Waals surface area contributed by atoms with Gasteiger partial charge in [0.15, 0.2) is 11.0 Å². The molecule has 0 aliphatic carbocycles. The summed E-state index contributed by atoms with van der Waals surface area (Å²) < 4.78 is 7.07. The number of halogens is 1. The molecular formula is C19H18ClN5O2S. The van der Waals surface area contributed by atoms with Crippen molar-refractivity contribution in [2.75, 3.05) is 12.9 Å². The summed E-state index contributed by atoms with van der Waals surface area (Å²) in [5.74, 6) is 1.31. The Balaban J connectivity index is 1.56. The Morgan fingerprint density at radius 1 is 1.25 bits per heavy atom. The highest BCUT2D eigenvalue weighted by Gasteiger charge is 2.12. The molecule has 0 bridgehead atoms. The maximum Gasteiger partial charge on any atom is 0.250 e. The number of aromatic nitrogens is 3. The highest BCUT2D eigenvalue weighted by molar-refractivity contribution is 7.99. The van der Waals surface area contributed by atoms with Crippen molar-refractivity contribution in [3.8, 4) is 17.1 Å². The van der Waals surface area contributed by atoms with Gasteiger partial charge < -0.3 is 9.30 Å². The van der Waals surface area contributed by atoms with Gasteiger partial charge in [-0.3, -0.25) is 4.79 Å². The largest absolute Gasteiger partial charge is 0.496 e. The third-order valence-corrected chi connectivity index (χ3v) is 5.07. The predicted molar refractivity (Wildman–Crippen MR) is 111 cm³/mol. The Bertz CT molecular complexity index is 988. The molecular weight excluding hydrogens is 398 g/mol. The molecule has 144 valence electrons. The number of hydrazone groups is 1. The fourth-order valence-electron chi connectivity index (χ4n) is 2.40. The molecule has 0 saturated carbocycles. The molecule has 1 aromatic heterocycles. The standard InChI is InChI=1S/C19H18ClN5O2S/c1-25-18(13-7-9-15(20)10-8-13)23-24-19(25)28-12-17(26)22-21-11-14-5-3-4-6-16(14)27-2/h3-11H,12H2,1-2H3,(H,22,26)/b21-11+. The maximum atomic E-state index is 12.0. The molecule has 9 heteroatoms. The van der Waals surface area contributed by atoms with Crippen LogP contribution in [0.3, 0.4) is 0 Å². The van der Waals surface area contributed by atoms with Gasteiger partial charge in [-0.2, -0.15) is 5.10 Å². The molecule has 28 heavy (non-hydrogen) atoms. The maximum absolute atomic E-state index is 12.0. The van der Waals surface area contributed by atoms with Crippen molar-refractivity contribution in [2.24, 2.45) is 12.1 Å². The zero-order chi connectivity index (χ0) is 19.9. The number of amides is 1. The Labute approximate surface area is 171 Å². The van der Waals surface area contributed by atoms with Crippen LogP contribution in [0.15, 0.2) is 58.8 Å². The van der Waals surface area contributed by atoms with Gasteiger partial charge in [0.1, 0.15) is 5.75 Å². The summed E-state index contributed by atoms with van der Waals surface area (Å²) in [6.45, 7) is 0. The highest BCUT2D eigenvalue weighted by Crippen LogP contribution is 2.23. The number of benzene rings is 2. The Morgan fingerprint density at radius 2 is 2.00 bits per heavy atom. The van der Waals surface area contributed by atoms with E-state index in [4.69, 9.17) is 16.3 Å². The number of methoxy groups -OCH3 is 1. The summed E-state index contributed by atoms with van der Waals surface area (Å²) in [6.07, 6.45) is 1.54. The van der Waals surface area contributed by atoms with Crippen molar-refractivity contribution < 1.29 is 9.53 Å². The van der Waals surface area contributed by atoms with E-state index in [1.165, 1.54) is 11.8 Å². The quantitative estimate of drug-likeness (QED) is 0.363. The molecule has 0 aliphatic heterocycles. The first-order valence-corrected chi connectivity index (χ1v) is 9.68. The third kappa shape index (κ3) is 4.90. The number of rotatable bonds is 7. The van der Waals surface area contributed by atoms with Gasteiger partial charge in [-0.15, -0.1) is 10.2 Å². The number of carbonyl (C=O) groups is 1. The molecule has 0 atom stereocenters. The molecule has 3 aromatic rings. The van der Waals surface area contributed by atoms with Crippen molar-refractivity contribution >= 4 is 35.5 Å². The van der Waals surface area contributed by atoms with Gasteiger partial charge in [0.05, 0.1) is 19.1 Å². The molecule has 0 saturated heterocycles. The predicted octanol–water partition coefficient (Wildman–Crippen LogP) is 3.39. The fourth-order valence-corrected chi connectivity index (χ4v) is 3.23. The second-order valence-electron chi connectivity index (χ2n) is 5.70. The molecule has 3 rings (SSSR count). The van der Waals surface area contributed by atoms with E-state index in [1.54, 1.807) is 25.5 Å². The Hall–Kier alpha value is -2.84. The lowest BCUT2D eigenvalue weighted by molar-refractivity contribution is -0.118. The topological polar surface area (TPSA) is 81.4 Å². The number of carbonyl (C=O) groups excluding carboxylic acids is 1. The molecule has 2 aromatic carbocycles. The Morgan fingerprint density at radius 3 is 2.75 bits per heavy atom. The van der Waals surface area contributed by atoms with E-state index < -0.39 is 0 Å². The molecule has 7 nitrogen and oxygen atoms in total. The molecule has 1 heterocycles. The average molecular weight is 416 g/mol. The normalized spacial score (nSPS) is 11.0. The lowest BCUT2D eigenvalue weighted by atomic mass is 10.2. The van der Waals surface area contributed by atoms with Crippen molar-refractivity contribution in [1.82, 2.24) is 20.2 Å². The molecule has 0 spiro atoms. The summed E-state index contributed by atoms with van der Waals surface area (Å²) in [7, 11) is 3.44. The van der Waals surface area contributed by atoms with Gasteiger partial charge in [0, 0.05) is 23.2 Å². The van der Waals surface area contributed by atoms with Crippen LogP contribution in [0.5, 0.6) is 5.75 Å². The highest BCUT2D eigenvalue weighted by atomic mass is 35.5. The van der Waals surface area contributed by atoms with Crippen molar-refractivity contribution in [3.63, 3.8) is 0 Å². The van der Waals surface area contributed by atoms with Gasteiger partial charge >= 0.3 is 0 Å². The van der Waals surface area contributed by atoms with Gasteiger partial charge in [-0.1, -0.05) is 35.5 Å². The molecule has 1 N–H and O–H groups in total. The first-order valence-electron chi connectivity index (χ1n) is 8.31. The van der Waals surface area contributed by atoms with E-state index >= 15 is 0 Å². The molecule has 0 unspecified atom stereocenters. The van der Waals surface area contributed by atoms with Crippen LogP contribution in [-0.2, 0) is 11.8 Å². The number of ether oxygens (including phenoxy) is 1. The SMILES string of the molecule is COc1ccccc1/C=N/NC(=O)CSc1nnc(-c2ccc(Cl)cc2)n1C. The fraction of sp³-hybridized carbons (Fsp3) is 0.158. The summed E-state index contributed by atoms with van der Waals surface area (Å²) in [5, 5.41) is 13.6. The van der Waals surface area contributed by atoms with Crippen LogP contribution in [-0.4, -0.2) is 39.7 Å². The second-order valence-corrected chi connectivity index (χ2v) is 7.07. The zero-order valence-electron chi connectivity index (χ0n) is 15.3. The summed E-state index contributed by atoms with van der Waals surface area (Å²) in [6, 6.07) is 14.8. The van der Waals surface area contributed by atoms with Gasteiger partial charge in [0.25, 0.3) is 5.91 Å². The second kappa shape index (κ2) is 9.38. The lowest BCUT2D eigenvalue weighted by Gasteiger charge is -2.04. The van der Waals surface area contributed by atoms with Crippen molar-refractivity contribution in [1.29, 1.82) is 0 Å². The number of para-hydroxylation sites is 1. The smallest absolute Gasteiger partial charge is 0.250 e. The monoisotopic (exact) mass is 415 g/mol. The van der Waals surface area contributed by atoms with Crippen LogP contribution < -0.4 is 10.2 Å². The van der Waals surface area contributed by atoms with Crippen molar-refractivity contribution in [3.05, 3.63) is 59.1 Å². The summed E-state index contributed by atoms with van der Waals surface area (Å²) in [4.78, 5) is 12.0. The van der Waals surface area contributed by atoms with E-state index in [1.807, 2.05) is 48.0 Å². The van der Waals surface area contributed by atoms with Crippen LogP contribution in [0.2, 0.25) is 5.02 Å². The number of thioether (sulfide) groups is 1. The van der Waals surface area contributed by atoms with Crippen LogP contribution in [0.1, 0.15) is 5.56 Å². The van der Waals surface area contributed by atoms with Gasteiger partial charge in [0.2, 0.25) is 0 Å². The van der Waals surface area contributed by atoms with Crippen LogP contribution in [0.25, 0.3) is 11.4 Å². The van der Waals surface area contributed by atoms with Crippen LogP contribution in [0, 0.1) is 0 Å². The van der Waals surface area contributed by atoms with Gasteiger partial charge in [-0.05, 0) is 36.4 Å². The first kappa shape index (κ1) is 19.9. The molecule has 0 radical (unpaired) electrons. The van der Waals surface area contributed by atoms with E-state index in [0.717, 1.165) is 11.1 Å². The minimum atomic E-state index is -0.243. The third-order valence-electron chi connectivity index (χ3n) is 3.80. The number of hydrogen-bond donors (Lipinski definition) is 1. The lowest BCUT2D eigenvalue weighted by Crippen LogP contribution is -2.20. The summed E-state index contributed by atoms with van der Waals surface area (Å²) >= 11 is 7.20. The molecule has 0 fully saturated rings. The zero-order valence-corrected chi connectivity index (χ0v) is 16.9. The van der Waals surface area contributed by atoms with Crippen LogP contribution in [0.4, 0.5) is 0 Å². The van der Waals surface area contributed by atoms with E-state index in [2.05, 4.69) is 20.7 Å². The molecule has 1 amide bonds. The van der Waals surface area contributed by atoms with Crippen molar-refractivity contribution in [2.45, 2.75) is 5.16 Å². The minimum absolute atomic E-state index is 0.163. The number of nitrogens with zero attached hydrogens (tertiary/aromatic N) is 4. The van der Waals surface area contributed by atoms with E-state index in [0.29, 0.717) is 21.8 Å². The van der Waals surface area contributed by atoms with E-state index in [-0.39, 0.29) is 11.7 Å². The van der Waals surface area contributed by atoms with Gasteiger partial charge in [-0.25, -0.2) is 5.43 Å². The summed E-state index contributed by atoms with van der Waals surface area (Å²) in [5.41, 5.74) is 4.18. The van der Waals surface area contributed by atoms with Crippen LogP contribution >= 0.6 is 23.4 Å². The minimum Gasteiger partial charge on any atom is -0.496 e. The Kier molecular flexibility index (Phi) is 6.67. The van der Waals surface area contributed by atoms with E-state index in [9.17, 15) is 4.79 Å².